The zero-order valence-electron chi connectivity index (χ0n) is 11.1. The van der Waals surface area contributed by atoms with E-state index in [1.807, 2.05) is 13.8 Å². The van der Waals surface area contributed by atoms with Crippen molar-refractivity contribution in [2.45, 2.75) is 20.5 Å². The van der Waals surface area contributed by atoms with Gasteiger partial charge >= 0.3 is 0 Å². The second-order valence-corrected chi connectivity index (χ2v) is 4.15. The van der Waals surface area contributed by atoms with Gasteiger partial charge in [-0.1, -0.05) is 0 Å². The van der Waals surface area contributed by atoms with Crippen molar-refractivity contribution in [1.82, 2.24) is 9.97 Å². The van der Waals surface area contributed by atoms with E-state index in [0.717, 1.165) is 22.6 Å². The second-order valence-electron chi connectivity index (χ2n) is 4.15. The molecule has 2 rings (SSSR count). The van der Waals surface area contributed by atoms with Gasteiger partial charge in [-0.25, -0.2) is 4.98 Å². The normalized spacial score (nSPS) is 10.3. The SMILES string of the molecule is COc1c(C)cnc(COc2ccc(F)nc2)c1C. The number of hydrogen-bond donors (Lipinski definition) is 0. The molecule has 0 aliphatic heterocycles. The first kappa shape index (κ1) is 13.3. The highest BCUT2D eigenvalue weighted by molar-refractivity contribution is 5.41. The summed E-state index contributed by atoms with van der Waals surface area (Å²) >= 11 is 0. The van der Waals surface area contributed by atoms with E-state index in [4.69, 9.17) is 9.47 Å². The Morgan fingerprint density at radius 2 is 1.95 bits per heavy atom. The Balaban J connectivity index is 2.13. The Morgan fingerprint density at radius 3 is 2.58 bits per heavy atom. The highest BCUT2D eigenvalue weighted by Gasteiger charge is 2.10. The average molecular weight is 262 g/mol. The van der Waals surface area contributed by atoms with Crippen LogP contribution < -0.4 is 9.47 Å². The molecule has 0 amide bonds. The van der Waals surface area contributed by atoms with Crippen molar-refractivity contribution in [2.24, 2.45) is 0 Å². The number of aromatic nitrogens is 2. The third-order valence-electron chi connectivity index (χ3n) is 2.83. The number of hydrogen-bond acceptors (Lipinski definition) is 4. The topological polar surface area (TPSA) is 44.2 Å². The summed E-state index contributed by atoms with van der Waals surface area (Å²) in [5.74, 6) is 0.784. The molecule has 2 heterocycles. The van der Waals surface area contributed by atoms with Crippen molar-refractivity contribution in [3.63, 3.8) is 0 Å². The summed E-state index contributed by atoms with van der Waals surface area (Å²) in [7, 11) is 1.63. The molecule has 2 aromatic heterocycles. The van der Waals surface area contributed by atoms with Gasteiger partial charge in [-0.15, -0.1) is 0 Å². The predicted octanol–water partition coefficient (Wildman–Crippen LogP) is 2.82. The summed E-state index contributed by atoms with van der Waals surface area (Å²) in [6, 6.07) is 2.79. The Morgan fingerprint density at radius 1 is 1.16 bits per heavy atom. The summed E-state index contributed by atoms with van der Waals surface area (Å²) in [6.07, 6.45) is 3.09. The Bertz CT molecular complexity index is 570. The molecule has 0 radical (unpaired) electrons. The van der Waals surface area contributed by atoms with Crippen molar-refractivity contribution in [3.8, 4) is 11.5 Å². The second kappa shape index (κ2) is 5.65. The number of nitrogens with zero attached hydrogens (tertiary/aromatic N) is 2. The summed E-state index contributed by atoms with van der Waals surface area (Å²) in [5.41, 5.74) is 2.71. The van der Waals surface area contributed by atoms with Gasteiger partial charge in [-0.3, -0.25) is 4.98 Å². The maximum absolute atomic E-state index is 12.7. The Hall–Kier alpha value is -2.17. The molecule has 0 aromatic carbocycles. The molecular formula is C14H15FN2O2. The van der Waals surface area contributed by atoms with Gasteiger partial charge in [-0.05, 0) is 26.0 Å². The number of methoxy groups -OCH3 is 1. The van der Waals surface area contributed by atoms with Gasteiger partial charge < -0.3 is 9.47 Å². The fourth-order valence-electron chi connectivity index (χ4n) is 1.82. The van der Waals surface area contributed by atoms with Crippen LogP contribution >= 0.6 is 0 Å². The van der Waals surface area contributed by atoms with E-state index in [2.05, 4.69) is 9.97 Å². The van der Waals surface area contributed by atoms with Crippen molar-refractivity contribution >= 4 is 0 Å². The molecule has 19 heavy (non-hydrogen) atoms. The molecule has 0 N–H and O–H groups in total. The number of ether oxygens (including phenoxy) is 2. The molecule has 100 valence electrons. The van der Waals surface area contributed by atoms with E-state index in [9.17, 15) is 4.39 Å². The molecule has 0 spiro atoms. The van der Waals surface area contributed by atoms with Crippen LogP contribution in [0.25, 0.3) is 0 Å². The fraction of sp³-hybridized carbons (Fsp3) is 0.286. The van der Waals surface area contributed by atoms with E-state index in [-0.39, 0.29) is 6.61 Å². The van der Waals surface area contributed by atoms with Gasteiger partial charge in [0.1, 0.15) is 18.1 Å². The van der Waals surface area contributed by atoms with Gasteiger partial charge in [0.2, 0.25) is 5.95 Å². The lowest BCUT2D eigenvalue weighted by Crippen LogP contribution is -2.04. The Labute approximate surface area is 111 Å². The quantitative estimate of drug-likeness (QED) is 0.795. The zero-order chi connectivity index (χ0) is 13.8. The highest BCUT2D eigenvalue weighted by Crippen LogP contribution is 2.24. The molecule has 2 aromatic rings. The van der Waals surface area contributed by atoms with E-state index in [1.165, 1.54) is 18.3 Å². The number of pyridine rings is 2. The lowest BCUT2D eigenvalue weighted by Gasteiger charge is -2.12. The van der Waals surface area contributed by atoms with Gasteiger partial charge in [0.05, 0.1) is 19.0 Å². The smallest absolute Gasteiger partial charge is 0.213 e. The zero-order valence-corrected chi connectivity index (χ0v) is 11.1. The third kappa shape index (κ3) is 2.99. The van der Waals surface area contributed by atoms with Crippen LogP contribution in [0.5, 0.6) is 11.5 Å². The summed E-state index contributed by atoms with van der Waals surface area (Å²) in [6.45, 7) is 4.16. The van der Waals surface area contributed by atoms with Gasteiger partial charge in [-0.2, -0.15) is 4.39 Å². The maximum atomic E-state index is 12.7. The molecule has 0 aliphatic carbocycles. The maximum Gasteiger partial charge on any atom is 0.213 e. The molecule has 5 heteroatoms. The van der Waals surface area contributed by atoms with Crippen LogP contribution in [0, 0.1) is 19.8 Å². The van der Waals surface area contributed by atoms with Crippen molar-refractivity contribution < 1.29 is 13.9 Å². The molecule has 4 nitrogen and oxygen atoms in total. The van der Waals surface area contributed by atoms with E-state index in [1.54, 1.807) is 13.3 Å². The number of rotatable bonds is 4. The first-order valence-corrected chi connectivity index (χ1v) is 5.85. The largest absolute Gasteiger partial charge is 0.496 e. The minimum Gasteiger partial charge on any atom is -0.496 e. The average Bonchev–Trinajstić information content (AvgIpc) is 2.40. The summed E-state index contributed by atoms with van der Waals surface area (Å²) in [4.78, 5) is 7.84. The molecule has 0 atom stereocenters. The van der Waals surface area contributed by atoms with Crippen LogP contribution in [0.2, 0.25) is 0 Å². The van der Waals surface area contributed by atoms with Crippen molar-refractivity contribution in [2.75, 3.05) is 7.11 Å². The molecule has 0 saturated carbocycles. The van der Waals surface area contributed by atoms with Crippen LogP contribution in [0.4, 0.5) is 4.39 Å². The minimum absolute atomic E-state index is 0.287. The first-order chi connectivity index (χ1) is 9.11. The van der Waals surface area contributed by atoms with Crippen molar-refractivity contribution in [3.05, 3.63) is 47.3 Å². The predicted molar refractivity (Wildman–Crippen MR) is 68.8 cm³/mol. The molecule has 0 bridgehead atoms. The molecule has 0 aliphatic rings. The molecular weight excluding hydrogens is 247 g/mol. The Kier molecular flexibility index (Phi) is 3.94. The first-order valence-electron chi connectivity index (χ1n) is 5.85. The van der Waals surface area contributed by atoms with Crippen LogP contribution in [-0.2, 0) is 6.61 Å². The van der Waals surface area contributed by atoms with E-state index < -0.39 is 5.95 Å². The van der Waals surface area contributed by atoms with Crippen LogP contribution in [0.1, 0.15) is 16.8 Å². The van der Waals surface area contributed by atoms with Crippen LogP contribution in [0.15, 0.2) is 24.5 Å². The van der Waals surface area contributed by atoms with Gasteiger partial charge in [0, 0.05) is 17.3 Å². The highest BCUT2D eigenvalue weighted by atomic mass is 19.1. The molecule has 0 saturated heterocycles. The standard InChI is InChI=1S/C14H15FN2O2/c1-9-6-16-12(10(2)14(9)18-3)8-19-11-4-5-13(15)17-7-11/h4-7H,8H2,1-3H3. The third-order valence-corrected chi connectivity index (χ3v) is 2.83. The number of halogens is 1. The molecule has 0 fully saturated rings. The minimum atomic E-state index is -0.529. The van der Waals surface area contributed by atoms with Gasteiger partial charge in [0.25, 0.3) is 0 Å². The van der Waals surface area contributed by atoms with Crippen LogP contribution in [-0.4, -0.2) is 17.1 Å². The lowest BCUT2D eigenvalue weighted by atomic mass is 10.1. The lowest BCUT2D eigenvalue weighted by molar-refractivity contribution is 0.296. The van der Waals surface area contributed by atoms with Gasteiger partial charge in [0.15, 0.2) is 0 Å². The number of aryl methyl sites for hydroxylation is 1. The fourth-order valence-corrected chi connectivity index (χ4v) is 1.82. The van der Waals surface area contributed by atoms with Crippen LogP contribution in [0.3, 0.4) is 0 Å². The monoisotopic (exact) mass is 262 g/mol. The van der Waals surface area contributed by atoms with Crippen molar-refractivity contribution in [1.29, 1.82) is 0 Å². The molecule has 0 unspecified atom stereocenters. The summed E-state index contributed by atoms with van der Waals surface area (Å²) < 4.78 is 23.5. The van der Waals surface area contributed by atoms with E-state index in [0.29, 0.717) is 5.75 Å². The summed E-state index contributed by atoms with van der Waals surface area (Å²) in [5, 5.41) is 0. The van der Waals surface area contributed by atoms with E-state index >= 15 is 0 Å².